The number of rotatable bonds is 10. The molecule has 3 aromatic carbocycles. The van der Waals surface area contributed by atoms with Gasteiger partial charge in [0.1, 0.15) is 18.1 Å². The van der Waals surface area contributed by atoms with Gasteiger partial charge in [-0.05, 0) is 52.7 Å². The number of fused-ring (bicyclic) bond motifs is 1. The highest BCUT2D eigenvalue weighted by Crippen LogP contribution is 2.28. The van der Waals surface area contributed by atoms with Gasteiger partial charge in [-0.3, -0.25) is 9.69 Å². The van der Waals surface area contributed by atoms with E-state index in [9.17, 15) is 14.7 Å². The second-order valence-corrected chi connectivity index (χ2v) is 9.16. The minimum atomic E-state index is -1.10. The van der Waals surface area contributed by atoms with E-state index >= 15 is 0 Å². The van der Waals surface area contributed by atoms with E-state index in [0.717, 1.165) is 49.4 Å². The zero-order valence-corrected chi connectivity index (χ0v) is 21.3. The van der Waals surface area contributed by atoms with Crippen LogP contribution in [0.25, 0.3) is 10.8 Å². The lowest BCUT2D eigenvalue weighted by Crippen LogP contribution is -2.38. The highest BCUT2D eigenvalue weighted by molar-refractivity contribution is 6.01. The van der Waals surface area contributed by atoms with Gasteiger partial charge in [-0.25, -0.2) is 9.78 Å². The monoisotopic (exact) mass is 527 g/mol. The first kappa shape index (κ1) is 26.1. The number of amides is 1. The van der Waals surface area contributed by atoms with E-state index in [1.54, 1.807) is 36.5 Å². The molecule has 9 nitrogen and oxygen atoms in total. The van der Waals surface area contributed by atoms with Crippen LogP contribution in [0.5, 0.6) is 17.4 Å². The first-order valence-corrected chi connectivity index (χ1v) is 12.8. The molecular formula is C30H29N3O6. The summed E-state index contributed by atoms with van der Waals surface area (Å²) in [7, 11) is 0. The molecule has 0 unspecified atom stereocenters. The third-order valence-electron chi connectivity index (χ3n) is 6.38. The first-order valence-electron chi connectivity index (χ1n) is 12.8. The van der Waals surface area contributed by atoms with Crippen LogP contribution in [0, 0.1) is 0 Å². The van der Waals surface area contributed by atoms with E-state index in [4.69, 9.17) is 14.2 Å². The fourth-order valence-corrected chi connectivity index (χ4v) is 4.33. The SMILES string of the molecule is O=C(Cc1ccc(Oc2ccc3ccc(OCCN4CCOCC4)cc3c2)nc1)Nc1ccccc1C(=O)O. The van der Waals surface area contributed by atoms with Gasteiger partial charge in [0.15, 0.2) is 0 Å². The molecule has 1 aromatic heterocycles. The van der Waals surface area contributed by atoms with Gasteiger partial charge in [0.2, 0.25) is 11.8 Å². The van der Waals surface area contributed by atoms with Crippen molar-refractivity contribution < 1.29 is 28.9 Å². The molecule has 0 saturated carbocycles. The lowest BCUT2D eigenvalue weighted by Gasteiger charge is -2.26. The maximum Gasteiger partial charge on any atom is 0.337 e. The van der Waals surface area contributed by atoms with Crippen molar-refractivity contribution in [2.45, 2.75) is 6.42 Å². The maximum absolute atomic E-state index is 12.5. The van der Waals surface area contributed by atoms with Crippen molar-refractivity contribution in [3.8, 4) is 17.4 Å². The van der Waals surface area contributed by atoms with E-state index in [0.29, 0.717) is 23.8 Å². The van der Waals surface area contributed by atoms with Crippen molar-refractivity contribution in [2.75, 3.05) is 44.8 Å². The summed E-state index contributed by atoms with van der Waals surface area (Å²) < 4.78 is 17.3. The summed E-state index contributed by atoms with van der Waals surface area (Å²) in [6, 6.07) is 21.5. The molecule has 1 amide bonds. The van der Waals surface area contributed by atoms with Crippen LogP contribution in [0.4, 0.5) is 5.69 Å². The number of carboxylic acid groups (broad SMARTS) is 1. The van der Waals surface area contributed by atoms with E-state index in [-0.39, 0.29) is 23.6 Å². The molecule has 2 heterocycles. The van der Waals surface area contributed by atoms with Crippen molar-refractivity contribution in [1.82, 2.24) is 9.88 Å². The van der Waals surface area contributed by atoms with Gasteiger partial charge < -0.3 is 24.6 Å². The Labute approximate surface area is 225 Å². The number of nitrogens with one attached hydrogen (secondary N) is 1. The molecule has 39 heavy (non-hydrogen) atoms. The molecule has 0 bridgehead atoms. The summed E-state index contributed by atoms with van der Waals surface area (Å²) in [6.45, 7) is 4.90. The van der Waals surface area contributed by atoms with Gasteiger partial charge in [-0.15, -0.1) is 0 Å². The quantitative estimate of drug-likeness (QED) is 0.308. The zero-order valence-electron chi connectivity index (χ0n) is 21.3. The number of hydrogen-bond donors (Lipinski definition) is 2. The van der Waals surface area contributed by atoms with E-state index in [1.807, 2.05) is 36.4 Å². The average molecular weight is 528 g/mol. The van der Waals surface area contributed by atoms with E-state index in [1.165, 1.54) is 6.07 Å². The molecule has 1 saturated heterocycles. The lowest BCUT2D eigenvalue weighted by atomic mass is 10.1. The molecule has 1 aliphatic heterocycles. The molecule has 1 aliphatic rings. The molecular weight excluding hydrogens is 498 g/mol. The Morgan fingerprint density at radius 3 is 2.49 bits per heavy atom. The Morgan fingerprint density at radius 2 is 1.72 bits per heavy atom. The first-order chi connectivity index (χ1) is 19.0. The molecule has 0 aliphatic carbocycles. The van der Waals surface area contributed by atoms with Gasteiger partial charge in [0.25, 0.3) is 0 Å². The van der Waals surface area contributed by atoms with Crippen LogP contribution in [0.1, 0.15) is 15.9 Å². The van der Waals surface area contributed by atoms with Gasteiger partial charge >= 0.3 is 5.97 Å². The molecule has 0 radical (unpaired) electrons. The molecule has 9 heteroatoms. The van der Waals surface area contributed by atoms with Crippen LogP contribution in [-0.4, -0.2) is 66.3 Å². The van der Waals surface area contributed by atoms with Crippen molar-refractivity contribution in [2.24, 2.45) is 0 Å². The Bertz CT molecular complexity index is 1450. The van der Waals surface area contributed by atoms with Crippen LogP contribution in [-0.2, 0) is 16.0 Å². The largest absolute Gasteiger partial charge is 0.492 e. The minimum absolute atomic E-state index is 0.0368. The summed E-state index contributed by atoms with van der Waals surface area (Å²) in [6.07, 6.45) is 1.62. The topological polar surface area (TPSA) is 110 Å². The second-order valence-electron chi connectivity index (χ2n) is 9.16. The zero-order chi connectivity index (χ0) is 27.0. The number of aromatic nitrogens is 1. The Morgan fingerprint density at radius 1 is 0.949 bits per heavy atom. The number of carbonyl (C=O) groups is 2. The van der Waals surface area contributed by atoms with Gasteiger partial charge in [-0.2, -0.15) is 0 Å². The summed E-state index contributed by atoms with van der Waals surface area (Å²) >= 11 is 0. The summed E-state index contributed by atoms with van der Waals surface area (Å²) in [5.41, 5.74) is 0.963. The predicted molar refractivity (Wildman–Crippen MR) is 147 cm³/mol. The maximum atomic E-state index is 12.5. The third-order valence-corrected chi connectivity index (χ3v) is 6.38. The van der Waals surface area contributed by atoms with E-state index < -0.39 is 5.97 Å². The van der Waals surface area contributed by atoms with Crippen molar-refractivity contribution >= 4 is 28.3 Å². The van der Waals surface area contributed by atoms with Crippen LogP contribution in [0.2, 0.25) is 0 Å². The summed E-state index contributed by atoms with van der Waals surface area (Å²) in [5.74, 6) is 0.399. The molecule has 2 N–H and O–H groups in total. The molecule has 5 rings (SSSR count). The molecule has 4 aromatic rings. The predicted octanol–water partition coefficient (Wildman–Crippen LogP) is 4.62. The number of ether oxygens (including phenoxy) is 3. The number of pyridine rings is 1. The second kappa shape index (κ2) is 12.4. The van der Waals surface area contributed by atoms with Crippen LogP contribution < -0.4 is 14.8 Å². The fourth-order valence-electron chi connectivity index (χ4n) is 4.33. The van der Waals surface area contributed by atoms with Gasteiger partial charge in [0, 0.05) is 31.9 Å². The molecule has 0 atom stereocenters. The number of morpholine rings is 1. The number of nitrogens with zero attached hydrogens (tertiary/aromatic N) is 2. The van der Waals surface area contributed by atoms with Crippen LogP contribution >= 0.6 is 0 Å². The number of anilines is 1. The number of carbonyl (C=O) groups excluding carboxylic acids is 1. The Kier molecular flexibility index (Phi) is 8.30. The average Bonchev–Trinajstić information content (AvgIpc) is 2.95. The summed E-state index contributed by atoms with van der Waals surface area (Å²) in [4.78, 5) is 30.5. The fraction of sp³-hybridized carbons (Fsp3) is 0.233. The Hall–Kier alpha value is -4.47. The molecule has 1 fully saturated rings. The molecule has 0 spiro atoms. The van der Waals surface area contributed by atoms with Gasteiger partial charge in [0.05, 0.1) is 30.9 Å². The standard InChI is InChI=1S/C30H29N3O6/c34-28(32-27-4-2-1-3-26(27)30(35)36)17-21-5-10-29(31-20-21)39-25-9-7-22-6-8-24(18-23(22)19-25)38-16-13-33-11-14-37-15-12-33/h1-10,18-20H,11-17H2,(H,32,34)(H,35,36). The van der Waals surface area contributed by atoms with Crippen molar-refractivity contribution in [3.05, 3.63) is 90.1 Å². The van der Waals surface area contributed by atoms with Crippen LogP contribution in [0.3, 0.4) is 0 Å². The number of hydrogen-bond acceptors (Lipinski definition) is 7. The highest BCUT2D eigenvalue weighted by atomic mass is 16.5. The minimum Gasteiger partial charge on any atom is -0.492 e. The van der Waals surface area contributed by atoms with Crippen LogP contribution in [0.15, 0.2) is 79.0 Å². The smallest absolute Gasteiger partial charge is 0.337 e. The van der Waals surface area contributed by atoms with Gasteiger partial charge in [-0.1, -0.05) is 30.3 Å². The normalized spacial score (nSPS) is 13.6. The number of aromatic carboxylic acids is 1. The number of para-hydroxylation sites is 1. The number of benzene rings is 3. The van der Waals surface area contributed by atoms with Crippen molar-refractivity contribution in [3.63, 3.8) is 0 Å². The molecule has 200 valence electrons. The number of carboxylic acids is 1. The Balaban J connectivity index is 1.17. The third kappa shape index (κ3) is 7.10. The lowest BCUT2D eigenvalue weighted by molar-refractivity contribution is -0.115. The van der Waals surface area contributed by atoms with E-state index in [2.05, 4.69) is 15.2 Å². The summed E-state index contributed by atoms with van der Waals surface area (Å²) in [5, 5.41) is 14.0. The highest BCUT2D eigenvalue weighted by Gasteiger charge is 2.13. The van der Waals surface area contributed by atoms with Crippen molar-refractivity contribution in [1.29, 1.82) is 0 Å².